The fourth-order valence-corrected chi connectivity index (χ4v) is 3.77. The van der Waals surface area contributed by atoms with Crippen molar-refractivity contribution in [3.8, 4) is 0 Å². The third-order valence-electron chi connectivity index (χ3n) is 4.78. The number of likely N-dealkylation sites (tertiary alicyclic amines) is 1. The lowest BCUT2D eigenvalue weighted by molar-refractivity contribution is -0.150. The molecule has 1 saturated carbocycles. The molecule has 1 aliphatic heterocycles. The number of aryl methyl sites for hydroxylation is 1. The molecule has 2 heterocycles. The van der Waals surface area contributed by atoms with E-state index in [-0.39, 0.29) is 11.8 Å². The molecule has 4 unspecified atom stereocenters. The summed E-state index contributed by atoms with van der Waals surface area (Å²) in [7, 11) is 1.75. The molecule has 3 N–H and O–H groups in total. The van der Waals surface area contributed by atoms with Gasteiger partial charge in [-0.15, -0.1) is 0 Å². The molecule has 0 spiro atoms. The van der Waals surface area contributed by atoms with Crippen LogP contribution < -0.4 is 5.73 Å². The number of aliphatic carboxylic acids is 1. The van der Waals surface area contributed by atoms with Crippen LogP contribution in [0.15, 0.2) is 12.4 Å². The van der Waals surface area contributed by atoms with Crippen molar-refractivity contribution in [2.45, 2.75) is 31.3 Å². The highest BCUT2D eigenvalue weighted by Gasteiger charge is 2.50. The van der Waals surface area contributed by atoms with E-state index >= 15 is 0 Å². The molecule has 114 valence electrons. The molecular formula is C14H20N4O3. The predicted octanol–water partition coefficient (Wildman–Crippen LogP) is 0.132. The quantitative estimate of drug-likeness (QED) is 0.824. The van der Waals surface area contributed by atoms with Crippen molar-refractivity contribution in [2.24, 2.45) is 24.6 Å². The van der Waals surface area contributed by atoms with Crippen LogP contribution in [-0.4, -0.2) is 44.3 Å². The summed E-state index contributed by atoms with van der Waals surface area (Å²) in [5.41, 5.74) is 6.62. The number of carbonyl (C=O) groups is 2. The van der Waals surface area contributed by atoms with Gasteiger partial charge >= 0.3 is 5.97 Å². The van der Waals surface area contributed by atoms with Crippen molar-refractivity contribution in [3.63, 3.8) is 0 Å². The predicted molar refractivity (Wildman–Crippen MR) is 74.1 cm³/mol. The van der Waals surface area contributed by atoms with Crippen molar-refractivity contribution in [2.75, 3.05) is 6.54 Å². The minimum Gasteiger partial charge on any atom is -0.480 e. The third kappa shape index (κ3) is 2.31. The smallest absolute Gasteiger partial charge is 0.326 e. The maximum Gasteiger partial charge on any atom is 0.326 e. The van der Waals surface area contributed by atoms with E-state index in [1.54, 1.807) is 24.1 Å². The van der Waals surface area contributed by atoms with Crippen LogP contribution in [0.2, 0.25) is 0 Å². The topological polar surface area (TPSA) is 101 Å². The highest BCUT2D eigenvalue weighted by Crippen LogP contribution is 2.42. The van der Waals surface area contributed by atoms with Crippen molar-refractivity contribution >= 4 is 11.9 Å². The minimum absolute atomic E-state index is 0.0764. The summed E-state index contributed by atoms with van der Waals surface area (Å²) >= 11 is 0. The minimum atomic E-state index is -0.920. The van der Waals surface area contributed by atoms with E-state index in [9.17, 15) is 14.7 Å². The van der Waals surface area contributed by atoms with E-state index in [2.05, 4.69) is 5.10 Å². The lowest BCUT2D eigenvalue weighted by Crippen LogP contribution is -2.46. The second-order valence-electron chi connectivity index (χ2n) is 6.05. The second kappa shape index (κ2) is 5.14. The molecule has 2 aliphatic rings. The Labute approximate surface area is 122 Å². The van der Waals surface area contributed by atoms with Crippen LogP contribution in [0.5, 0.6) is 0 Å². The van der Waals surface area contributed by atoms with Crippen LogP contribution in [-0.2, 0) is 16.6 Å². The number of amides is 1. The fraction of sp³-hybridized carbons (Fsp3) is 0.643. The van der Waals surface area contributed by atoms with E-state index in [1.807, 2.05) is 0 Å². The van der Waals surface area contributed by atoms with E-state index < -0.39 is 18.1 Å². The van der Waals surface area contributed by atoms with Gasteiger partial charge in [-0.25, -0.2) is 4.79 Å². The zero-order valence-electron chi connectivity index (χ0n) is 12.0. The lowest BCUT2D eigenvalue weighted by atomic mass is 9.94. The first-order chi connectivity index (χ1) is 9.99. The number of nitrogens with zero attached hydrogens (tertiary/aromatic N) is 3. The van der Waals surface area contributed by atoms with E-state index in [0.29, 0.717) is 18.0 Å². The van der Waals surface area contributed by atoms with Crippen LogP contribution >= 0.6 is 0 Å². The summed E-state index contributed by atoms with van der Waals surface area (Å²) in [6, 6.07) is -1.58. The van der Waals surface area contributed by atoms with Crippen LogP contribution in [0.3, 0.4) is 0 Å². The Kier molecular flexibility index (Phi) is 3.44. The van der Waals surface area contributed by atoms with Crippen molar-refractivity contribution < 1.29 is 14.7 Å². The molecule has 7 heteroatoms. The molecule has 1 aliphatic carbocycles. The van der Waals surface area contributed by atoms with Gasteiger partial charge in [0.1, 0.15) is 12.1 Å². The maximum atomic E-state index is 12.6. The SMILES string of the molecule is Cn1cc(C(N)C(=O)N2CC3CCCC3C2C(=O)O)cn1. The molecule has 1 aromatic rings. The van der Waals surface area contributed by atoms with Crippen LogP contribution in [0.1, 0.15) is 30.9 Å². The van der Waals surface area contributed by atoms with Gasteiger partial charge in [0.25, 0.3) is 0 Å². The average molecular weight is 292 g/mol. The zero-order chi connectivity index (χ0) is 15.1. The Bertz CT molecular complexity index is 570. The number of hydrogen-bond acceptors (Lipinski definition) is 4. The van der Waals surface area contributed by atoms with Crippen molar-refractivity contribution in [1.29, 1.82) is 0 Å². The normalized spacial score (nSPS) is 29.4. The molecule has 1 aromatic heterocycles. The number of rotatable bonds is 3. The number of carbonyl (C=O) groups excluding carboxylic acids is 1. The molecule has 21 heavy (non-hydrogen) atoms. The van der Waals surface area contributed by atoms with Gasteiger partial charge in [0.2, 0.25) is 5.91 Å². The first-order valence-electron chi connectivity index (χ1n) is 7.26. The van der Waals surface area contributed by atoms with Crippen LogP contribution in [0.4, 0.5) is 0 Å². The number of nitrogens with two attached hydrogens (primary N) is 1. The molecule has 4 atom stereocenters. The summed E-state index contributed by atoms with van der Waals surface area (Å²) in [5.74, 6) is -0.857. The highest BCUT2D eigenvalue weighted by atomic mass is 16.4. The van der Waals surface area contributed by atoms with Gasteiger partial charge in [0.05, 0.1) is 6.20 Å². The van der Waals surface area contributed by atoms with Gasteiger partial charge < -0.3 is 15.7 Å². The summed E-state index contributed by atoms with van der Waals surface area (Å²) in [6.07, 6.45) is 6.17. The number of hydrogen-bond donors (Lipinski definition) is 2. The van der Waals surface area contributed by atoms with Gasteiger partial charge in [-0.3, -0.25) is 9.48 Å². The molecule has 0 aromatic carbocycles. The monoisotopic (exact) mass is 292 g/mol. The fourth-order valence-electron chi connectivity index (χ4n) is 3.77. The number of carboxylic acids is 1. The van der Waals surface area contributed by atoms with E-state index in [0.717, 1.165) is 19.3 Å². The summed E-state index contributed by atoms with van der Waals surface area (Å²) in [5, 5.41) is 13.5. The highest BCUT2D eigenvalue weighted by molar-refractivity contribution is 5.88. The molecule has 3 rings (SSSR count). The molecule has 0 bridgehead atoms. The Morgan fingerprint density at radius 3 is 2.86 bits per heavy atom. The molecule has 2 fully saturated rings. The maximum absolute atomic E-state index is 12.6. The molecular weight excluding hydrogens is 272 g/mol. The third-order valence-corrected chi connectivity index (χ3v) is 4.78. The summed E-state index contributed by atoms with van der Waals surface area (Å²) in [4.78, 5) is 25.6. The largest absolute Gasteiger partial charge is 0.480 e. The number of fused-ring (bicyclic) bond motifs is 1. The first kappa shape index (κ1) is 14.1. The van der Waals surface area contributed by atoms with Gasteiger partial charge in [-0.1, -0.05) is 6.42 Å². The van der Waals surface area contributed by atoms with Crippen LogP contribution in [0, 0.1) is 11.8 Å². The van der Waals surface area contributed by atoms with Crippen molar-refractivity contribution in [3.05, 3.63) is 18.0 Å². The summed E-state index contributed by atoms with van der Waals surface area (Å²) in [6.45, 7) is 0.508. The Morgan fingerprint density at radius 1 is 1.48 bits per heavy atom. The van der Waals surface area contributed by atoms with Gasteiger partial charge in [0.15, 0.2) is 0 Å². The van der Waals surface area contributed by atoms with Crippen LogP contribution in [0.25, 0.3) is 0 Å². The Morgan fingerprint density at radius 2 is 2.24 bits per heavy atom. The van der Waals surface area contributed by atoms with E-state index in [1.165, 1.54) is 4.90 Å². The van der Waals surface area contributed by atoms with Gasteiger partial charge in [-0.2, -0.15) is 5.10 Å². The molecule has 1 amide bonds. The standard InChI is InChI=1S/C14H20N4O3/c1-17-6-9(5-16-17)11(15)13(19)18-7-8-3-2-4-10(8)12(18)14(20)21/h5-6,8,10-12H,2-4,7,15H2,1H3,(H,20,21). The average Bonchev–Trinajstić information content (AvgIpc) is 3.10. The molecule has 1 saturated heterocycles. The van der Waals surface area contributed by atoms with Gasteiger partial charge in [-0.05, 0) is 24.7 Å². The summed E-state index contributed by atoms with van der Waals surface area (Å²) < 4.78 is 1.58. The van der Waals surface area contributed by atoms with E-state index in [4.69, 9.17) is 5.73 Å². The Balaban J connectivity index is 1.81. The number of aromatic nitrogens is 2. The first-order valence-corrected chi connectivity index (χ1v) is 7.26. The second-order valence-corrected chi connectivity index (χ2v) is 6.05. The Hall–Kier alpha value is -1.89. The zero-order valence-corrected chi connectivity index (χ0v) is 12.0. The van der Waals surface area contributed by atoms with Crippen molar-refractivity contribution in [1.82, 2.24) is 14.7 Å². The van der Waals surface area contributed by atoms with Gasteiger partial charge in [0, 0.05) is 25.4 Å². The molecule has 0 radical (unpaired) electrons. The molecule has 7 nitrogen and oxygen atoms in total. The number of carboxylic acid groups (broad SMARTS) is 1. The lowest BCUT2D eigenvalue weighted by Gasteiger charge is -2.26.